The Hall–Kier alpha value is -1.95. The highest BCUT2D eigenvalue weighted by Crippen LogP contribution is 2.22. The Kier molecular flexibility index (Phi) is 2.93. The van der Waals surface area contributed by atoms with Crippen LogP contribution in [0.4, 0.5) is 0 Å². The van der Waals surface area contributed by atoms with Crippen LogP contribution in [0, 0.1) is 0 Å². The van der Waals surface area contributed by atoms with Crippen LogP contribution in [-0.4, -0.2) is 19.9 Å². The van der Waals surface area contributed by atoms with Gasteiger partial charge in [0.1, 0.15) is 12.2 Å². The molecule has 3 aromatic heterocycles. The molecule has 0 bridgehead atoms. The number of aromatic nitrogens is 4. The fraction of sp³-hybridized carbons (Fsp3) is 0.250. The van der Waals surface area contributed by atoms with Gasteiger partial charge in [0.15, 0.2) is 5.82 Å². The molecule has 0 radical (unpaired) electrons. The molecule has 0 aromatic carbocycles. The molecular weight excluding hydrogens is 248 g/mol. The van der Waals surface area contributed by atoms with Crippen molar-refractivity contribution in [3.8, 4) is 10.6 Å². The van der Waals surface area contributed by atoms with Gasteiger partial charge in [0.05, 0.1) is 4.88 Å². The highest BCUT2D eigenvalue weighted by Gasteiger charge is 2.08. The van der Waals surface area contributed by atoms with Gasteiger partial charge in [-0.15, -0.1) is 11.3 Å². The van der Waals surface area contributed by atoms with E-state index in [1.54, 1.807) is 11.3 Å². The summed E-state index contributed by atoms with van der Waals surface area (Å²) in [5, 5.41) is 10.4. The Morgan fingerprint density at radius 2 is 2.33 bits per heavy atom. The monoisotopic (exact) mass is 260 g/mol. The number of hydrogen-bond acceptors (Lipinski definition) is 5. The second kappa shape index (κ2) is 4.73. The lowest BCUT2D eigenvalue weighted by molar-refractivity contribution is 0.361. The predicted molar refractivity (Wildman–Crippen MR) is 68.3 cm³/mol. The van der Waals surface area contributed by atoms with Crippen LogP contribution in [0.5, 0.6) is 0 Å². The van der Waals surface area contributed by atoms with Gasteiger partial charge in [0.2, 0.25) is 5.89 Å². The van der Waals surface area contributed by atoms with Crippen molar-refractivity contribution in [3.05, 3.63) is 41.5 Å². The fourth-order valence-electron chi connectivity index (χ4n) is 1.64. The molecule has 0 fully saturated rings. The molecular formula is C12H12N4OS. The molecule has 3 heterocycles. The van der Waals surface area contributed by atoms with Crippen molar-refractivity contribution >= 4 is 11.3 Å². The highest BCUT2D eigenvalue weighted by atomic mass is 32.1. The molecule has 0 aliphatic carbocycles. The zero-order chi connectivity index (χ0) is 12.4. The minimum Gasteiger partial charge on any atom is -0.337 e. The first-order valence-electron chi connectivity index (χ1n) is 5.74. The van der Waals surface area contributed by atoms with Gasteiger partial charge in [-0.3, -0.25) is 4.68 Å². The van der Waals surface area contributed by atoms with Crippen LogP contribution in [0.15, 0.2) is 34.3 Å². The van der Waals surface area contributed by atoms with Crippen LogP contribution >= 0.6 is 11.3 Å². The van der Waals surface area contributed by atoms with Gasteiger partial charge in [-0.05, 0) is 17.5 Å². The normalized spacial score (nSPS) is 10.9. The summed E-state index contributed by atoms with van der Waals surface area (Å²) in [7, 11) is 0. The number of rotatable bonds is 4. The first-order valence-corrected chi connectivity index (χ1v) is 6.62. The lowest BCUT2D eigenvalue weighted by Crippen LogP contribution is -2.00. The van der Waals surface area contributed by atoms with E-state index >= 15 is 0 Å². The number of hydrogen-bond donors (Lipinski definition) is 0. The lowest BCUT2D eigenvalue weighted by atomic mass is 10.3. The number of thiophene rings is 1. The zero-order valence-electron chi connectivity index (χ0n) is 9.91. The molecule has 0 aliphatic heterocycles. The molecule has 0 saturated carbocycles. The maximum absolute atomic E-state index is 5.14. The van der Waals surface area contributed by atoms with Crippen molar-refractivity contribution < 1.29 is 4.52 Å². The van der Waals surface area contributed by atoms with Crippen LogP contribution in [0.1, 0.15) is 18.6 Å². The van der Waals surface area contributed by atoms with E-state index in [-0.39, 0.29) is 0 Å². The third-order valence-corrected chi connectivity index (χ3v) is 3.43. The number of aryl methyl sites for hydroxylation is 1. The van der Waals surface area contributed by atoms with Gasteiger partial charge in [0.25, 0.3) is 0 Å². The van der Waals surface area contributed by atoms with Gasteiger partial charge in [-0.2, -0.15) is 10.1 Å². The Labute approximate surface area is 108 Å². The Morgan fingerprint density at radius 3 is 3.06 bits per heavy atom. The van der Waals surface area contributed by atoms with Crippen molar-refractivity contribution in [2.45, 2.75) is 19.9 Å². The van der Waals surface area contributed by atoms with Gasteiger partial charge in [-0.1, -0.05) is 18.1 Å². The average molecular weight is 260 g/mol. The molecule has 0 N–H and O–H groups in total. The maximum atomic E-state index is 5.14. The van der Waals surface area contributed by atoms with Crippen LogP contribution < -0.4 is 0 Å². The summed E-state index contributed by atoms with van der Waals surface area (Å²) in [5.74, 6) is 1.32. The second-order valence-corrected chi connectivity index (χ2v) is 4.78. The van der Waals surface area contributed by atoms with Crippen molar-refractivity contribution in [2.24, 2.45) is 0 Å². The standard InChI is InChI=1S/C12H12N4OS/c1-2-11-13-12(17-15-11)8-16-6-5-9(14-16)10-4-3-7-18-10/h3-7H,2,8H2,1H3. The third kappa shape index (κ3) is 2.19. The van der Waals surface area contributed by atoms with Crippen LogP contribution in [0.25, 0.3) is 10.6 Å². The Balaban J connectivity index is 1.77. The summed E-state index contributed by atoms with van der Waals surface area (Å²) < 4.78 is 6.95. The second-order valence-electron chi connectivity index (χ2n) is 3.83. The summed E-state index contributed by atoms with van der Waals surface area (Å²) in [4.78, 5) is 5.42. The quantitative estimate of drug-likeness (QED) is 0.723. The molecule has 3 rings (SSSR count). The van der Waals surface area contributed by atoms with E-state index in [4.69, 9.17) is 4.52 Å². The van der Waals surface area contributed by atoms with E-state index in [1.807, 2.05) is 35.3 Å². The molecule has 6 heteroatoms. The lowest BCUT2D eigenvalue weighted by Gasteiger charge is -1.94. The molecule has 0 amide bonds. The summed E-state index contributed by atoms with van der Waals surface area (Å²) in [5.41, 5.74) is 0.972. The molecule has 3 aromatic rings. The summed E-state index contributed by atoms with van der Waals surface area (Å²) >= 11 is 1.68. The van der Waals surface area contributed by atoms with E-state index in [9.17, 15) is 0 Å². The Bertz CT molecular complexity index is 626. The van der Waals surface area contributed by atoms with Crippen molar-refractivity contribution in [2.75, 3.05) is 0 Å². The van der Waals surface area contributed by atoms with E-state index < -0.39 is 0 Å². The fourth-order valence-corrected chi connectivity index (χ4v) is 2.33. The third-order valence-electron chi connectivity index (χ3n) is 2.54. The van der Waals surface area contributed by atoms with Gasteiger partial charge in [0, 0.05) is 12.6 Å². The largest absolute Gasteiger partial charge is 0.337 e. The van der Waals surface area contributed by atoms with Gasteiger partial charge in [-0.25, -0.2) is 0 Å². The maximum Gasteiger partial charge on any atom is 0.248 e. The zero-order valence-corrected chi connectivity index (χ0v) is 10.7. The van der Waals surface area contributed by atoms with E-state index in [2.05, 4.69) is 21.3 Å². The minimum absolute atomic E-state index is 0.512. The molecule has 0 aliphatic rings. The van der Waals surface area contributed by atoms with Crippen molar-refractivity contribution in [1.29, 1.82) is 0 Å². The number of nitrogens with zero attached hydrogens (tertiary/aromatic N) is 4. The summed E-state index contributed by atoms with van der Waals surface area (Å²) in [6.07, 6.45) is 2.70. The molecule has 0 spiro atoms. The molecule has 92 valence electrons. The van der Waals surface area contributed by atoms with Gasteiger partial charge < -0.3 is 4.52 Å². The van der Waals surface area contributed by atoms with E-state index in [0.29, 0.717) is 12.4 Å². The molecule has 5 nitrogen and oxygen atoms in total. The van der Waals surface area contributed by atoms with Crippen LogP contribution in [0.3, 0.4) is 0 Å². The SMILES string of the molecule is CCc1noc(Cn2ccc(-c3cccs3)n2)n1. The average Bonchev–Trinajstić information content (AvgIpc) is 3.10. The molecule has 0 atom stereocenters. The summed E-state index contributed by atoms with van der Waals surface area (Å²) in [6.45, 7) is 2.51. The first-order chi connectivity index (χ1) is 8.85. The smallest absolute Gasteiger partial charge is 0.248 e. The molecule has 0 unspecified atom stereocenters. The molecule has 0 saturated heterocycles. The predicted octanol–water partition coefficient (Wildman–Crippen LogP) is 2.61. The van der Waals surface area contributed by atoms with Crippen molar-refractivity contribution in [1.82, 2.24) is 19.9 Å². The highest BCUT2D eigenvalue weighted by molar-refractivity contribution is 7.13. The van der Waals surface area contributed by atoms with Crippen LogP contribution in [-0.2, 0) is 13.0 Å². The molecule has 18 heavy (non-hydrogen) atoms. The van der Waals surface area contributed by atoms with Crippen LogP contribution in [0.2, 0.25) is 0 Å². The van der Waals surface area contributed by atoms with E-state index in [1.165, 1.54) is 0 Å². The Morgan fingerprint density at radius 1 is 1.39 bits per heavy atom. The van der Waals surface area contributed by atoms with Gasteiger partial charge >= 0.3 is 0 Å². The topological polar surface area (TPSA) is 56.7 Å². The van der Waals surface area contributed by atoms with Crippen molar-refractivity contribution in [3.63, 3.8) is 0 Å². The first kappa shape index (κ1) is 11.2. The summed E-state index contributed by atoms with van der Waals surface area (Å²) in [6, 6.07) is 6.06. The van der Waals surface area contributed by atoms with E-state index in [0.717, 1.165) is 22.8 Å². The minimum atomic E-state index is 0.512.